The molecule has 0 aliphatic rings. The van der Waals surface area contributed by atoms with Crippen molar-refractivity contribution in [3.63, 3.8) is 0 Å². The topological polar surface area (TPSA) is 0 Å². The Morgan fingerprint density at radius 1 is 1.43 bits per heavy atom. The molecule has 0 spiro atoms. The molecule has 2 rings (SSSR count). The Morgan fingerprint density at radius 3 is 2.86 bits per heavy atom. The van der Waals surface area contributed by atoms with Crippen molar-refractivity contribution in [2.24, 2.45) is 0 Å². The number of thiophene rings is 1. The molecule has 4 heteroatoms. The van der Waals surface area contributed by atoms with Gasteiger partial charge in [-0.3, -0.25) is 0 Å². The van der Waals surface area contributed by atoms with E-state index >= 15 is 0 Å². The fourth-order valence-corrected chi connectivity index (χ4v) is 4.62. The van der Waals surface area contributed by atoms with Crippen LogP contribution in [0.15, 0.2) is 26.9 Å². The zero-order valence-corrected chi connectivity index (χ0v) is 12.3. The van der Waals surface area contributed by atoms with Crippen LogP contribution in [0, 0.1) is 0 Å². The van der Waals surface area contributed by atoms with Crippen LogP contribution in [-0.2, 0) is 5.33 Å². The predicted octanol–water partition coefficient (Wildman–Crippen LogP) is 5.28. The van der Waals surface area contributed by atoms with Crippen LogP contribution < -0.4 is 0 Å². The van der Waals surface area contributed by atoms with E-state index in [1.165, 1.54) is 20.5 Å². The minimum absolute atomic E-state index is 0.933. The van der Waals surface area contributed by atoms with Crippen molar-refractivity contribution in [2.45, 2.75) is 10.2 Å². The molecule has 0 amide bonds. The van der Waals surface area contributed by atoms with Crippen molar-refractivity contribution >= 4 is 65.0 Å². The summed E-state index contributed by atoms with van der Waals surface area (Å²) >= 11 is 10.7. The molecule has 0 atom stereocenters. The molecule has 0 radical (unpaired) electrons. The molecular formula is C10H8Br2S2. The first-order chi connectivity index (χ1) is 6.76. The summed E-state index contributed by atoms with van der Waals surface area (Å²) in [6, 6.07) is 4.37. The van der Waals surface area contributed by atoms with E-state index in [1.54, 1.807) is 11.8 Å². The number of thioether (sulfide) groups is 1. The molecule has 0 bridgehead atoms. The van der Waals surface area contributed by atoms with Gasteiger partial charge in [0.25, 0.3) is 0 Å². The fourth-order valence-electron chi connectivity index (χ4n) is 1.42. The Balaban J connectivity index is 2.78. The Bertz CT molecular complexity index is 462. The Labute approximate surface area is 108 Å². The average molecular weight is 352 g/mol. The van der Waals surface area contributed by atoms with E-state index in [4.69, 9.17) is 0 Å². The maximum atomic E-state index is 3.54. The van der Waals surface area contributed by atoms with Gasteiger partial charge in [0.2, 0.25) is 0 Å². The number of fused-ring (bicyclic) bond motifs is 1. The second-order valence-electron chi connectivity index (χ2n) is 2.88. The van der Waals surface area contributed by atoms with Crippen LogP contribution in [-0.4, -0.2) is 6.26 Å². The number of alkyl halides is 1. The van der Waals surface area contributed by atoms with Crippen molar-refractivity contribution in [1.82, 2.24) is 0 Å². The summed E-state index contributed by atoms with van der Waals surface area (Å²) in [7, 11) is 0. The molecule has 0 aliphatic heterocycles. The van der Waals surface area contributed by atoms with Crippen molar-refractivity contribution in [3.05, 3.63) is 27.5 Å². The van der Waals surface area contributed by atoms with Crippen molar-refractivity contribution in [2.75, 3.05) is 6.26 Å². The van der Waals surface area contributed by atoms with Crippen LogP contribution in [0.2, 0.25) is 0 Å². The molecule has 0 aliphatic carbocycles. The monoisotopic (exact) mass is 350 g/mol. The summed E-state index contributed by atoms with van der Waals surface area (Å²) in [5, 5.41) is 4.57. The molecular weight excluding hydrogens is 344 g/mol. The molecule has 1 aromatic carbocycles. The van der Waals surface area contributed by atoms with Gasteiger partial charge in [0.1, 0.15) is 0 Å². The first-order valence-corrected chi connectivity index (χ1v) is 8.07. The lowest BCUT2D eigenvalue weighted by Gasteiger charge is -2.02. The third-order valence-electron chi connectivity index (χ3n) is 2.04. The molecule has 0 saturated carbocycles. The number of benzene rings is 1. The van der Waals surface area contributed by atoms with E-state index in [0.29, 0.717) is 0 Å². The van der Waals surface area contributed by atoms with E-state index in [2.05, 4.69) is 55.6 Å². The number of rotatable bonds is 2. The van der Waals surface area contributed by atoms with Crippen LogP contribution in [0.4, 0.5) is 0 Å². The molecule has 14 heavy (non-hydrogen) atoms. The van der Waals surface area contributed by atoms with Gasteiger partial charge in [-0.05, 0) is 29.3 Å². The van der Waals surface area contributed by atoms with Gasteiger partial charge in [-0.2, -0.15) is 0 Å². The Hall–Kier alpha value is 0.490. The summed E-state index contributed by atoms with van der Waals surface area (Å²) in [4.78, 5) is 1.35. The van der Waals surface area contributed by atoms with Crippen LogP contribution >= 0.6 is 55.0 Å². The van der Waals surface area contributed by atoms with Gasteiger partial charge in [-0.25, -0.2) is 0 Å². The van der Waals surface area contributed by atoms with Gasteiger partial charge in [0, 0.05) is 24.8 Å². The lowest BCUT2D eigenvalue weighted by Crippen LogP contribution is -1.78. The average Bonchev–Trinajstić information content (AvgIpc) is 2.59. The second-order valence-corrected chi connectivity index (χ2v) is 6.11. The summed E-state index contributed by atoms with van der Waals surface area (Å²) < 4.78 is 2.52. The minimum Gasteiger partial charge on any atom is -0.143 e. The van der Waals surface area contributed by atoms with Gasteiger partial charge in [0.05, 0.1) is 0 Å². The molecule has 0 unspecified atom stereocenters. The van der Waals surface area contributed by atoms with Gasteiger partial charge in [-0.1, -0.05) is 31.9 Å². The lowest BCUT2D eigenvalue weighted by atomic mass is 10.2. The van der Waals surface area contributed by atoms with Crippen molar-refractivity contribution < 1.29 is 0 Å². The first kappa shape index (κ1) is 11.0. The molecule has 0 nitrogen and oxygen atoms in total. The molecule has 1 aromatic heterocycles. The Morgan fingerprint density at radius 2 is 2.21 bits per heavy atom. The van der Waals surface area contributed by atoms with Crippen LogP contribution in [0.5, 0.6) is 0 Å². The molecule has 0 N–H and O–H groups in total. The fraction of sp³-hybridized carbons (Fsp3) is 0.200. The van der Waals surface area contributed by atoms with E-state index in [0.717, 1.165) is 9.80 Å². The van der Waals surface area contributed by atoms with E-state index < -0.39 is 0 Å². The van der Waals surface area contributed by atoms with E-state index in [-0.39, 0.29) is 0 Å². The standard InChI is InChI=1S/C10H8Br2S2/c1-13-8-2-7(12)3-9-10(8)6(4-11)5-14-9/h2-3,5H,4H2,1H3. The number of halogens is 2. The van der Waals surface area contributed by atoms with E-state index in [1.807, 2.05) is 11.3 Å². The van der Waals surface area contributed by atoms with Gasteiger partial charge >= 0.3 is 0 Å². The smallest absolute Gasteiger partial charge is 0.0368 e. The maximum Gasteiger partial charge on any atom is 0.0368 e. The molecule has 0 fully saturated rings. The largest absolute Gasteiger partial charge is 0.143 e. The highest BCUT2D eigenvalue weighted by Crippen LogP contribution is 2.37. The highest BCUT2D eigenvalue weighted by molar-refractivity contribution is 9.10. The third-order valence-corrected chi connectivity index (χ3v) is 4.85. The lowest BCUT2D eigenvalue weighted by molar-refractivity contribution is 1.46. The van der Waals surface area contributed by atoms with Gasteiger partial charge in [0.15, 0.2) is 0 Å². The van der Waals surface area contributed by atoms with Crippen LogP contribution in [0.1, 0.15) is 5.56 Å². The highest BCUT2D eigenvalue weighted by Gasteiger charge is 2.08. The number of hydrogen-bond donors (Lipinski definition) is 0. The molecule has 74 valence electrons. The molecule has 2 aromatic rings. The van der Waals surface area contributed by atoms with Gasteiger partial charge < -0.3 is 0 Å². The maximum absolute atomic E-state index is 3.54. The summed E-state index contributed by atoms with van der Waals surface area (Å²) in [6.45, 7) is 0. The quantitative estimate of drug-likeness (QED) is 0.523. The second kappa shape index (κ2) is 4.56. The summed E-state index contributed by atoms with van der Waals surface area (Å²) in [5.74, 6) is 0. The molecule has 0 saturated heterocycles. The third kappa shape index (κ3) is 1.90. The molecule has 1 heterocycles. The van der Waals surface area contributed by atoms with Crippen LogP contribution in [0.25, 0.3) is 10.1 Å². The van der Waals surface area contributed by atoms with E-state index in [9.17, 15) is 0 Å². The number of hydrogen-bond acceptors (Lipinski definition) is 2. The van der Waals surface area contributed by atoms with Crippen molar-refractivity contribution in [3.8, 4) is 0 Å². The Kier molecular flexibility index (Phi) is 3.58. The minimum atomic E-state index is 0.933. The predicted molar refractivity (Wildman–Crippen MR) is 73.9 cm³/mol. The normalized spacial score (nSPS) is 11.1. The summed E-state index contributed by atoms with van der Waals surface area (Å²) in [5.41, 5.74) is 1.39. The van der Waals surface area contributed by atoms with Gasteiger partial charge in [-0.15, -0.1) is 23.1 Å². The SMILES string of the molecule is CSc1cc(Br)cc2scc(CBr)c12. The zero-order chi connectivity index (χ0) is 10.1. The highest BCUT2D eigenvalue weighted by atomic mass is 79.9. The first-order valence-electron chi connectivity index (χ1n) is 4.06. The van der Waals surface area contributed by atoms with Crippen molar-refractivity contribution in [1.29, 1.82) is 0 Å². The zero-order valence-electron chi connectivity index (χ0n) is 7.51. The van der Waals surface area contributed by atoms with Crippen LogP contribution in [0.3, 0.4) is 0 Å². The summed E-state index contributed by atoms with van der Waals surface area (Å²) in [6.07, 6.45) is 2.12.